The van der Waals surface area contributed by atoms with Gasteiger partial charge in [0.1, 0.15) is 0 Å². The van der Waals surface area contributed by atoms with Crippen LogP contribution in [0.25, 0.3) is 11.0 Å². The average molecular weight is 168 g/mol. The molecular weight excluding hydrogens is 162 g/mol. The van der Waals surface area contributed by atoms with Gasteiger partial charge in [-0.1, -0.05) is 22.8 Å². The minimum atomic E-state index is 0.687. The fourth-order valence-electron chi connectivity index (χ4n) is 1.06. The first kappa shape index (κ1) is 6.68. The van der Waals surface area contributed by atoms with Crippen molar-refractivity contribution in [3.63, 3.8) is 0 Å². The van der Waals surface area contributed by atoms with E-state index >= 15 is 0 Å². The quantitative estimate of drug-likeness (QED) is 0.603. The summed E-state index contributed by atoms with van der Waals surface area (Å²) in [4.78, 5) is 0. The lowest BCUT2D eigenvalue weighted by atomic mass is 10.2. The molecule has 1 aromatic carbocycles. The third kappa shape index (κ3) is 0.906. The maximum absolute atomic E-state index is 5.87. The Hall–Kier alpha value is -1.02. The summed E-state index contributed by atoms with van der Waals surface area (Å²) in [7, 11) is 0. The van der Waals surface area contributed by atoms with E-state index < -0.39 is 0 Å². The Morgan fingerprint density at radius 1 is 1.45 bits per heavy atom. The van der Waals surface area contributed by atoms with Crippen molar-refractivity contribution in [3.05, 3.63) is 28.9 Å². The van der Waals surface area contributed by atoms with Crippen molar-refractivity contribution in [2.75, 3.05) is 0 Å². The molecule has 2 rings (SSSR count). The molecule has 0 aliphatic heterocycles. The van der Waals surface area contributed by atoms with Gasteiger partial charge >= 0.3 is 0 Å². The highest BCUT2D eigenvalue weighted by Gasteiger charge is 2.04. The van der Waals surface area contributed by atoms with Crippen molar-refractivity contribution in [2.24, 2.45) is 0 Å². The first-order valence-electron chi connectivity index (χ1n) is 3.28. The largest absolute Gasteiger partial charge is 0.356 e. The Kier molecular flexibility index (Phi) is 1.36. The lowest BCUT2D eigenvalue weighted by Crippen LogP contribution is -1.72. The van der Waals surface area contributed by atoms with Gasteiger partial charge in [0.2, 0.25) is 0 Å². The third-order valence-electron chi connectivity index (χ3n) is 1.67. The van der Waals surface area contributed by atoms with E-state index in [1.54, 1.807) is 6.20 Å². The Morgan fingerprint density at radius 2 is 2.27 bits per heavy atom. The minimum absolute atomic E-state index is 0.687. The monoisotopic (exact) mass is 167 g/mol. The van der Waals surface area contributed by atoms with Gasteiger partial charge in [0.15, 0.2) is 5.58 Å². The molecule has 0 spiro atoms. The van der Waals surface area contributed by atoms with E-state index in [-0.39, 0.29) is 0 Å². The number of hydrogen-bond donors (Lipinski definition) is 0. The molecule has 0 fully saturated rings. The lowest BCUT2D eigenvalue weighted by Gasteiger charge is -1.93. The highest BCUT2D eigenvalue weighted by atomic mass is 35.5. The highest BCUT2D eigenvalue weighted by Crippen LogP contribution is 2.25. The summed E-state index contributed by atoms with van der Waals surface area (Å²) in [6, 6.07) is 3.76. The van der Waals surface area contributed by atoms with Gasteiger partial charge < -0.3 is 4.52 Å². The van der Waals surface area contributed by atoms with E-state index in [9.17, 15) is 0 Å². The number of aromatic nitrogens is 1. The molecule has 0 N–H and O–H groups in total. The molecule has 0 bridgehead atoms. The fourth-order valence-corrected chi connectivity index (χ4v) is 1.26. The van der Waals surface area contributed by atoms with Crippen molar-refractivity contribution in [2.45, 2.75) is 6.92 Å². The molecule has 2 nitrogen and oxygen atoms in total. The van der Waals surface area contributed by atoms with Crippen LogP contribution in [0.5, 0.6) is 0 Å². The lowest BCUT2D eigenvalue weighted by molar-refractivity contribution is 0.455. The molecule has 1 heterocycles. The minimum Gasteiger partial charge on any atom is -0.356 e. The summed E-state index contributed by atoms with van der Waals surface area (Å²) in [6.45, 7) is 1.96. The first-order valence-corrected chi connectivity index (χ1v) is 3.66. The number of rotatable bonds is 0. The van der Waals surface area contributed by atoms with Crippen LogP contribution in [-0.2, 0) is 0 Å². The molecule has 0 saturated carbocycles. The molecule has 0 amide bonds. The van der Waals surface area contributed by atoms with Crippen LogP contribution in [-0.4, -0.2) is 5.16 Å². The van der Waals surface area contributed by atoms with Crippen LogP contribution < -0.4 is 0 Å². The van der Waals surface area contributed by atoms with E-state index in [0.717, 1.165) is 16.5 Å². The van der Waals surface area contributed by atoms with Crippen LogP contribution >= 0.6 is 11.6 Å². The van der Waals surface area contributed by atoms with E-state index in [4.69, 9.17) is 16.1 Å². The van der Waals surface area contributed by atoms with Gasteiger partial charge in [0.05, 0.1) is 16.6 Å². The van der Waals surface area contributed by atoms with Gasteiger partial charge in [0.25, 0.3) is 0 Å². The summed E-state index contributed by atoms with van der Waals surface area (Å²) in [5.41, 5.74) is 1.83. The number of nitrogens with zero attached hydrogens (tertiary/aromatic N) is 1. The normalized spacial score (nSPS) is 10.7. The molecule has 3 heteroatoms. The van der Waals surface area contributed by atoms with E-state index in [2.05, 4.69) is 5.16 Å². The van der Waals surface area contributed by atoms with Crippen molar-refractivity contribution >= 4 is 22.6 Å². The van der Waals surface area contributed by atoms with Gasteiger partial charge in [0, 0.05) is 0 Å². The molecule has 0 saturated heterocycles. The molecule has 56 valence electrons. The second kappa shape index (κ2) is 2.24. The number of benzene rings is 1. The van der Waals surface area contributed by atoms with Crippen molar-refractivity contribution in [1.29, 1.82) is 0 Å². The molecule has 2 aromatic rings. The van der Waals surface area contributed by atoms with Gasteiger partial charge in [-0.05, 0) is 18.6 Å². The molecule has 0 radical (unpaired) electrons. The molecular formula is C8H6ClNO. The van der Waals surface area contributed by atoms with Crippen LogP contribution in [0.1, 0.15) is 5.56 Å². The molecule has 0 aliphatic rings. The van der Waals surface area contributed by atoms with Gasteiger partial charge in [-0.3, -0.25) is 0 Å². The predicted octanol–water partition coefficient (Wildman–Crippen LogP) is 2.79. The van der Waals surface area contributed by atoms with Gasteiger partial charge in [-0.15, -0.1) is 0 Å². The van der Waals surface area contributed by atoms with E-state index in [1.807, 2.05) is 19.1 Å². The Balaban J connectivity index is 2.96. The maximum atomic E-state index is 5.87. The van der Waals surface area contributed by atoms with Crippen LogP contribution in [0.2, 0.25) is 5.02 Å². The Bertz CT molecular complexity index is 358. The van der Waals surface area contributed by atoms with E-state index in [0.29, 0.717) is 5.02 Å². The topological polar surface area (TPSA) is 26.0 Å². The van der Waals surface area contributed by atoms with Gasteiger partial charge in [-0.25, -0.2) is 0 Å². The smallest absolute Gasteiger partial charge is 0.171 e. The SMILES string of the molecule is Cc1ccc(Cl)c2cnoc12. The Morgan fingerprint density at radius 3 is 3.00 bits per heavy atom. The second-order valence-electron chi connectivity index (χ2n) is 2.43. The number of halogens is 1. The molecule has 1 aromatic heterocycles. The molecule has 11 heavy (non-hydrogen) atoms. The average Bonchev–Trinajstić information content (AvgIpc) is 2.45. The highest BCUT2D eigenvalue weighted by molar-refractivity contribution is 6.35. The fraction of sp³-hybridized carbons (Fsp3) is 0.125. The first-order chi connectivity index (χ1) is 5.29. The number of hydrogen-bond acceptors (Lipinski definition) is 2. The molecule has 0 atom stereocenters. The zero-order valence-electron chi connectivity index (χ0n) is 5.97. The van der Waals surface area contributed by atoms with Crippen molar-refractivity contribution < 1.29 is 4.52 Å². The zero-order valence-corrected chi connectivity index (χ0v) is 6.72. The zero-order chi connectivity index (χ0) is 7.84. The summed E-state index contributed by atoms with van der Waals surface area (Å²) >= 11 is 5.87. The summed E-state index contributed by atoms with van der Waals surface area (Å²) in [6.07, 6.45) is 1.63. The van der Waals surface area contributed by atoms with Crippen LogP contribution in [0.4, 0.5) is 0 Å². The summed E-state index contributed by atoms with van der Waals surface area (Å²) < 4.78 is 5.00. The summed E-state index contributed by atoms with van der Waals surface area (Å²) in [5.74, 6) is 0. The second-order valence-corrected chi connectivity index (χ2v) is 2.84. The Labute approximate surface area is 68.7 Å². The van der Waals surface area contributed by atoms with Crippen molar-refractivity contribution in [3.8, 4) is 0 Å². The van der Waals surface area contributed by atoms with Crippen LogP contribution in [0.3, 0.4) is 0 Å². The van der Waals surface area contributed by atoms with Crippen molar-refractivity contribution in [1.82, 2.24) is 5.16 Å². The molecule has 0 unspecified atom stereocenters. The number of fused-ring (bicyclic) bond motifs is 1. The maximum Gasteiger partial charge on any atom is 0.171 e. The standard InChI is InChI=1S/C8H6ClNO/c1-5-2-3-7(9)6-4-10-11-8(5)6/h2-4H,1H3. The van der Waals surface area contributed by atoms with Gasteiger partial charge in [-0.2, -0.15) is 0 Å². The molecule has 0 aliphatic carbocycles. The van der Waals surface area contributed by atoms with Crippen LogP contribution in [0.15, 0.2) is 22.9 Å². The predicted molar refractivity (Wildman–Crippen MR) is 43.8 cm³/mol. The third-order valence-corrected chi connectivity index (χ3v) is 2.00. The number of aryl methyl sites for hydroxylation is 1. The van der Waals surface area contributed by atoms with E-state index in [1.165, 1.54) is 0 Å². The van der Waals surface area contributed by atoms with Crippen LogP contribution in [0, 0.1) is 6.92 Å². The summed E-state index contributed by atoms with van der Waals surface area (Å²) in [5, 5.41) is 5.23.